The highest BCUT2D eigenvalue weighted by molar-refractivity contribution is 5.76. The molecule has 0 bridgehead atoms. The van der Waals surface area contributed by atoms with Crippen molar-refractivity contribution in [1.82, 2.24) is 10.6 Å². The third kappa shape index (κ3) is 4.12. The second kappa shape index (κ2) is 5.67. The summed E-state index contributed by atoms with van der Waals surface area (Å²) in [4.78, 5) is 11.6. The van der Waals surface area contributed by atoms with Gasteiger partial charge >= 0.3 is 0 Å². The molecule has 0 spiro atoms. The molecule has 2 N–H and O–H groups in total. The summed E-state index contributed by atoms with van der Waals surface area (Å²) in [5.74, 6) is 0.863. The fourth-order valence-corrected chi connectivity index (χ4v) is 1.96. The first-order valence-corrected chi connectivity index (χ1v) is 6.46. The van der Waals surface area contributed by atoms with Gasteiger partial charge in [0.05, 0.1) is 0 Å². The highest BCUT2D eigenvalue weighted by atomic mass is 16.1. The van der Waals surface area contributed by atoms with E-state index < -0.39 is 0 Å². The molecule has 1 rings (SSSR count). The lowest BCUT2D eigenvalue weighted by molar-refractivity contribution is -0.121. The van der Waals surface area contributed by atoms with Gasteiger partial charge in [0.25, 0.3) is 0 Å². The summed E-state index contributed by atoms with van der Waals surface area (Å²) in [6.07, 6.45) is 3.14. The van der Waals surface area contributed by atoms with Crippen LogP contribution in [-0.2, 0) is 4.79 Å². The maximum Gasteiger partial charge on any atom is 0.221 e. The molecule has 0 aliphatic heterocycles. The number of carbonyl (C=O) groups excluding carboxylic acids is 1. The maximum absolute atomic E-state index is 11.6. The average Bonchev–Trinajstić information content (AvgIpc) is 2.95. The van der Waals surface area contributed by atoms with E-state index in [4.69, 9.17) is 0 Å². The van der Waals surface area contributed by atoms with Gasteiger partial charge in [0.15, 0.2) is 0 Å². The van der Waals surface area contributed by atoms with E-state index in [1.54, 1.807) is 0 Å². The molecule has 16 heavy (non-hydrogen) atoms. The summed E-state index contributed by atoms with van der Waals surface area (Å²) < 4.78 is 0. The summed E-state index contributed by atoms with van der Waals surface area (Å²) in [7, 11) is 0. The van der Waals surface area contributed by atoms with Gasteiger partial charge in [-0.2, -0.15) is 0 Å². The third-order valence-electron chi connectivity index (χ3n) is 3.66. The first kappa shape index (κ1) is 13.5. The standard InChI is InChI=1S/C13H26N2O/c1-10(2)13(6-7-13)9-15-12(16)5-8-14-11(3)4/h10-11,14H,5-9H2,1-4H3,(H,15,16). The number of hydrogen-bond acceptors (Lipinski definition) is 2. The molecule has 0 aromatic carbocycles. The largest absolute Gasteiger partial charge is 0.355 e. The Hall–Kier alpha value is -0.570. The van der Waals surface area contributed by atoms with E-state index in [1.807, 2.05) is 0 Å². The lowest BCUT2D eigenvalue weighted by Crippen LogP contribution is -2.35. The minimum absolute atomic E-state index is 0.181. The molecule has 0 atom stereocenters. The van der Waals surface area contributed by atoms with E-state index in [-0.39, 0.29) is 5.91 Å². The van der Waals surface area contributed by atoms with Crippen LogP contribution in [0, 0.1) is 11.3 Å². The Bertz CT molecular complexity index is 232. The Balaban J connectivity index is 2.11. The third-order valence-corrected chi connectivity index (χ3v) is 3.66. The molecule has 1 aliphatic rings. The smallest absolute Gasteiger partial charge is 0.221 e. The highest BCUT2D eigenvalue weighted by Gasteiger charge is 2.45. The molecule has 1 aliphatic carbocycles. The van der Waals surface area contributed by atoms with Gasteiger partial charge in [-0.05, 0) is 24.2 Å². The fourth-order valence-electron chi connectivity index (χ4n) is 1.96. The van der Waals surface area contributed by atoms with E-state index in [2.05, 4.69) is 38.3 Å². The summed E-state index contributed by atoms with van der Waals surface area (Å²) >= 11 is 0. The molecule has 0 unspecified atom stereocenters. The predicted molar refractivity (Wildman–Crippen MR) is 67.3 cm³/mol. The van der Waals surface area contributed by atoms with Crippen molar-refractivity contribution in [2.75, 3.05) is 13.1 Å². The molecular weight excluding hydrogens is 200 g/mol. The Morgan fingerprint density at radius 3 is 2.31 bits per heavy atom. The van der Waals surface area contributed by atoms with Gasteiger partial charge in [-0.25, -0.2) is 0 Å². The Morgan fingerprint density at radius 1 is 1.25 bits per heavy atom. The van der Waals surface area contributed by atoms with Crippen molar-refractivity contribution in [3.8, 4) is 0 Å². The van der Waals surface area contributed by atoms with Crippen LogP contribution in [0.1, 0.15) is 47.0 Å². The molecule has 3 nitrogen and oxygen atoms in total. The Kier molecular flexibility index (Phi) is 4.78. The zero-order valence-electron chi connectivity index (χ0n) is 11.1. The first-order valence-electron chi connectivity index (χ1n) is 6.46. The summed E-state index contributed by atoms with van der Waals surface area (Å²) in [6.45, 7) is 10.3. The van der Waals surface area contributed by atoms with Crippen molar-refractivity contribution in [2.45, 2.75) is 53.0 Å². The number of nitrogens with one attached hydrogen (secondary N) is 2. The quantitative estimate of drug-likeness (QED) is 0.696. The predicted octanol–water partition coefficient (Wildman–Crippen LogP) is 1.93. The van der Waals surface area contributed by atoms with Crippen LogP contribution in [0.4, 0.5) is 0 Å². The highest BCUT2D eigenvalue weighted by Crippen LogP contribution is 2.51. The van der Waals surface area contributed by atoms with Gasteiger partial charge in [0.2, 0.25) is 5.91 Å². The molecule has 0 radical (unpaired) electrons. The van der Waals surface area contributed by atoms with Crippen molar-refractivity contribution < 1.29 is 4.79 Å². The van der Waals surface area contributed by atoms with E-state index in [9.17, 15) is 4.79 Å². The normalized spacial score (nSPS) is 17.9. The van der Waals surface area contributed by atoms with Gasteiger partial charge in [0, 0.05) is 25.6 Å². The van der Waals surface area contributed by atoms with Gasteiger partial charge in [0.1, 0.15) is 0 Å². The van der Waals surface area contributed by atoms with Gasteiger partial charge in [-0.1, -0.05) is 27.7 Å². The molecule has 1 fully saturated rings. The minimum Gasteiger partial charge on any atom is -0.355 e. The lowest BCUT2D eigenvalue weighted by Gasteiger charge is -2.20. The van der Waals surface area contributed by atoms with Crippen molar-refractivity contribution >= 4 is 5.91 Å². The second-order valence-corrected chi connectivity index (χ2v) is 5.65. The molecule has 0 heterocycles. The molecule has 3 heteroatoms. The van der Waals surface area contributed by atoms with Crippen molar-refractivity contribution in [3.05, 3.63) is 0 Å². The van der Waals surface area contributed by atoms with Gasteiger partial charge in [-0.15, -0.1) is 0 Å². The van der Waals surface area contributed by atoms with Crippen molar-refractivity contribution in [2.24, 2.45) is 11.3 Å². The van der Waals surface area contributed by atoms with Crippen LogP contribution >= 0.6 is 0 Å². The van der Waals surface area contributed by atoms with Crippen LogP contribution in [0.15, 0.2) is 0 Å². The lowest BCUT2D eigenvalue weighted by atomic mass is 9.92. The molecular formula is C13H26N2O. The summed E-state index contributed by atoms with van der Waals surface area (Å²) in [5, 5.41) is 6.31. The monoisotopic (exact) mass is 226 g/mol. The number of hydrogen-bond donors (Lipinski definition) is 2. The van der Waals surface area contributed by atoms with E-state index in [0.717, 1.165) is 13.1 Å². The molecule has 94 valence electrons. The average molecular weight is 226 g/mol. The van der Waals surface area contributed by atoms with Crippen LogP contribution in [0.2, 0.25) is 0 Å². The summed E-state index contributed by atoms with van der Waals surface area (Å²) in [6, 6.07) is 0.457. The van der Waals surface area contributed by atoms with E-state index in [0.29, 0.717) is 23.8 Å². The molecule has 0 aromatic rings. The number of amides is 1. The molecule has 1 amide bonds. The zero-order valence-corrected chi connectivity index (χ0v) is 11.1. The maximum atomic E-state index is 11.6. The van der Waals surface area contributed by atoms with Crippen LogP contribution < -0.4 is 10.6 Å². The van der Waals surface area contributed by atoms with E-state index in [1.165, 1.54) is 12.8 Å². The molecule has 1 saturated carbocycles. The minimum atomic E-state index is 0.181. The first-order chi connectivity index (χ1) is 7.46. The number of rotatable bonds is 7. The zero-order chi connectivity index (χ0) is 12.2. The van der Waals surface area contributed by atoms with Gasteiger partial charge < -0.3 is 10.6 Å². The SMILES string of the molecule is CC(C)NCCC(=O)NCC1(C(C)C)CC1. The van der Waals surface area contributed by atoms with Crippen LogP contribution in [0.5, 0.6) is 0 Å². The Morgan fingerprint density at radius 2 is 1.88 bits per heavy atom. The molecule has 0 saturated heterocycles. The summed E-state index contributed by atoms with van der Waals surface area (Å²) in [5.41, 5.74) is 0.418. The van der Waals surface area contributed by atoms with Crippen LogP contribution in [0.3, 0.4) is 0 Å². The fraction of sp³-hybridized carbons (Fsp3) is 0.923. The molecule has 0 aromatic heterocycles. The Labute approximate surface area is 99.4 Å². The van der Waals surface area contributed by atoms with Crippen LogP contribution in [-0.4, -0.2) is 25.0 Å². The van der Waals surface area contributed by atoms with Crippen LogP contribution in [0.25, 0.3) is 0 Å². The van der Waals surface area contributed by atoms with Gasteiger partial charge in [-0.3, -0.25) is 4.79 Å². The van der Waals surface area contributed by atoms with Crippen molar-refractivity contribution in [1.29, 1.82) is 0 Å². The van der Waals surface area contributed by atoms with Crippen molar-refractivity contribution in [3.63, 3.8) is 0 Å². The number of carbonyl (C=O) groups is 1. The van der Waals surface area contributed by atoms with E-state index >= 15 is 0 Å². The second-order valence-electron chi connectivity index (χ2n) is 5.65. The topological polar surface area (TPSA) is 41.1 Å².